The molecule has 0 heterocycles. The number of carboxylic acids is 1. The maximum absolute atomic E-state index is 12.1. The molecular formula is C12H20N2O3. The highest BCUT2D eigenvalue weighted by Crippen LogP contribution is 2.15. The van der Waals surface area contributed by atoms with Crippen LogP contribution in [0, 0.1) is 12.3 Å². The fourth-order valence-electron chi connectivity index (χ4n) is 1.34. The Kier molecular flexibility index (Phi) is 5.52. The van der Waals surface area contributed by atoms with E-state index in [-0.39, 0.29) is 25.5 Å². The predicted octanol–water partition coefficient (Wildman–Crippen LogP) is 1.25. The van der Waals surface area contributed by atoms with Crippen LogP contribution in [0.5, 0.6) is 0 Å². The van der Waals surface area contributed by atoms with E-state index in [0.717, 1.165) is 0 Å². The number of carbonyl (C=O) groups excluding carboxylic acids is 1. The average Bonchev–Trinajstić information content (AvgIpc) is 2.15. The van der Waals surface area contributed by atoms with E-state index < -0.39 is 11.5 Å². The SMILES string of the molecule is C#CCN(C)C(=O)N(CCC(=O)O)C(C)(C)C. The number of hydrogen-bond acceptors (Lipinski definition) is 2. The van der Waals surface area contributed by atoms with Crippen LogP contribution in [0.25, 0.3) is 0 Å². The first-order valence-corrected chi connectivity index (χ1v) is 5.38. The van der Waals surface area contributed by atoms with Gasteiger partial charge in [0.25, 0.3) is 0 Å². The van der Waals surface area contributed by atoms with Crippen LogP contribution in [0.15, 0.2) is 0 Å². The van der Waals surface area contributed by atoms with Crippen LogP contribution in [0.1, 0.15) is 27.2 Å². The van der Waals surface area contributed by atoms with E-state index >= 15 is 0 Å². The van der Waals surface area contributed by atoms with Gasteiger partial charge in [-0.1, -0.05) is 5.92 Å². The van der Waals surface area contributed by atoms with Gasteiger partial charge in [0.15, 0.2) is 0 Å². The van der Waals surface area contributed by atoms with E-state index in [1.54, 1.807) is 7.05 Å². The van der Waals surface area contributed by atoms with Crippen molar-refractivity contribution in [1.29, 1.82) is 0 Å². The molecule has 0 fully saturated rings. The van der Waals surface area contributed by atoms with Gasteiger partial charge in [-0.3, -0.25) is 4.79 Å². The fraction of sp³-hybridized carbons (Fsp3) is 0.667. The Balaban J connectivity index is 4.76. The topological polar surface area (TPSA) is 60.9 Å². The predicted molar refractivity (Wildman–Crippen MR) is 65.6 cm³/mol. The number of rotatable bonds is 4. The zero-order chi connectivity index (χ0) is 13.6. The third-order valence-electron chi connectivity index (χ3n) is 2.24. The Morgan fingerprint density at radius 1 is 1.35 bits per heavy atom. The Hall–Kier alpha value is -1.70. The molecule has 0 aliphatic heterocycles. The van der Waals surface area contributed by atoms with Crippen LogP contribution in [-0.2, 0) is 4.79 Å². The van der Waals surface area contributed by atoms with Crippen molar-refractivity contribution in [1.82, 2.24) is 9.80 Å². The van der Waals surface area contributed by atoms with Crippen molar-refractivity contribution in [2.45, 2.75) is 32.7 Å². The number of aliphatic carboxylic acids is 1. The lowest BCUT2D eigenvalue weighted by Crippen LogP contribution is -2.51. The Labute approximate surface area is 102 Å². The van der Waals surface area contributed by atoms with Crippen LogP contribution in [0.3, 0.4) is 0 Å². The number of nitrogens with zero attached hydrogens (tertiary/aromatic N) is 2. The number of carbonyl (C=O) groups is 2. The Morgan fingerprint density at radius 3 is 2.24 bits per heavy atom. The van der Waals surface area contributed by atoms with E-state index in [1.807, 2.05) is 20.8 Å². The summed E-state index contributed by atoms with van der Waals surface area (Å²) in [7, 11) is 1.60. The smallest absolute Gasteiger partial charge is 0.320 e. The monoisotopic (exact) mass is 240 g/mol. The molecule has 0 rings (SSSR count). The van der Waals surface area contributed by atoms with Crippen molar-refractivity contribution in [3.8, 4) is 12.3 Å². The van der Waals surface area contributed by atoms with Crippen LogP contribution in [0.2, 0.25) is 0 Å². The summed E-state index contributed by atoms with van der Waals surface area (Å²) in [6.07, 6.45) is 5.07. The molecule has 17 heavy (non-hydrogen) atoms. The van der Waals surface area contributed by atoms with Gasteiger partial charge in [-0.25, -0.2) is 4.79 Å². The first-order valence-electron chi connectivity index (χ1n) is 5.38. The van der Waals surface area contributed by atoms with Crippen molar-refractivity contribution in [2.24, 2.45) is 0 Å². The van der Waals surface area contributed by atoms with Gasteiger partial charge in [0.1, 0.15) is 0 Å². The van der Waals surface area contributed by atoms with Crippen LogP contribution in [-0.4, -0.2) is 52.6 Å². The van der Waals surface area contributed by atoms with Crippen molar-refractivity contribution in [2.75, 3.05) is 20.1 Å². The third kappa shape index (κ3) is 5.25. The quantitative estimate of drug-likeness (QED) is 0.752. The van der Waals surface area contributed by atoms with Crippen LogP contribution < -0.4 is 0 Å². The van der Waals surface area contributed by atoms with Gasteiger partial charge in [-0.05, 0) is 20.8 Å². The molecule has 0 aliphatic carbocycles. The molecule has 0 bridgehead atoms. The molecule has 0 radical (unpaired) electrons. The summed E-state index contributed by atoms with van der Waals surface area (Å²) < 4.78 is 0. The van der Waals surface area contributed by atoms with E-state index in [9.17, 15) is 9.59 Å². The van der Waals surface area contributed by atoms with Gasteiger partial charge >= 0.3 is 12.0 Å². The minimum absolute atomic E-state index is 0.0765. The fourth-order valence-corrected chi connectivity index (χ4v) is 1.34. The highest BCUT2D eigenvalue weighted by Gasteiger charge is 2.28. The van der Waals surface area contributed by atoms with Crippen molar-refractivity contribution in [3.05, 3.63) is 0 Å². The molecule has 1 N–H and O–H groups in total. The van der Waals surface area contributed by atoms with Gasteiger partial charge in [-0.2, -0.15) is 0 Å². The van der Waals surface area contributed by atoms with E-state index in [4.69, 9.17) is 11.5 Å². The molecule has 0 atom stereocenters. The minimum atomic E-state index is -0.924. The Bertz CT molecular complexity index is 326. The van der Waals surface area contributed by atoms with Crippen molar-refractivity contribution >= 4 is 12.0 Å². The van der Waals surface area contributed by atoms with E-state index in [1.165, 1.54) is 9.80 Å². The molecule has 5 heteroatoms. The summed E-state index contributed by atoms with van der Waals surface area (Å²) in [5.41, 5.74) is -0.435. The molecule has 0 unspecified atom stereocenters. The number of urea groups is 1. The number of hydrogen-bond donors (Lipinski definition) is 1. The molecular weight excluding hydrogens is 220 g/mol. The van der Waals surface area contributed by atoms with Crippen molar-refractivity contribution < 1.29 is 14.7 Å². The summed E-state index contributed by atoms with van der Waals surface area (Å²) in [4.78, 5) is 25.5. The lowest BCUT2D eigenvalue weighted by Gasteiger charge is -2.37. The van der Waals surface area contributed by atoms with Gasteiger partial charge in [0.05, 0.1) is 13.0 Å². The molecule has 0 saturated carbocycles. The summed E-state index contributed by atoms with van der Waals surface area (Å²) in [5, 5.41) is 8.67. The second-order valence-electron chi connectivity index (χ2n) is 4.81. The molecule has 0 aliphatic rings. The first-order chi connectivity index (χ1) is 7.70. The maximum Gasteiger partial charge on any atom is 0.320 e. The second-order valence-corrected chi connectivity index (χ2v) is 4.81. The molecule has 96 valence electrons. The lowest BCUT2D eigenvalue weighted by molar-refractivity contribution is -0.137. The van der Waals surface area contributed by atoms with Crippen LogP contribution in [0.4, 0.5) is 4.79 Å². The van der Waals surface area contributed by atoms with Crippen molar-refractivity contribution in [3.63, 3.8) is 0 Å². The zero-order valence-electron chi connectivity index (χ0n) is 10.9. The lowest BCUT2D eigenvalue weighted by atomic mass is 10.1. The van der Waals surface area contributed by atoms with E-state index in [2.05, 4.69) is 5.92 Å². The molecule has 0 spiro atoms. The summed E-state index contributed by atoms with van der Waals surface area (Å²) in [6, 6.07) is -0.253. The molecule has 0 saturated heterocycles. The molecule has 0 aromatic rings. The average molecular weight is 240 g/mol. The summed E-state index contributed by atoms with van der Waals surface area (Å²) in [6.45, 7) is 5.95. The van der Waals surface area contributed by atoms with Crippen LogP contribution >= 0.6 is 0 Å². The molecule has 5 nitrogen and oxygen atoms in total. The summed E-state index contributed by atoms with van der Waals surface area (Å²) in [5.74, 6) is 1.46. The summed E-state index contributed by atoms with van der Waals surface area (Å²) >= 11 is 0. The highest BCUT2D eigenvalue weighted by molar-refractivity contribution is 5.76. The molecule has 2 amide bonds. The van der Waals surface area contributed by atoms with E-state index in [0.29, 0.717) is 0 Å². The number of terminal acetylenes is 1. The molecule has 0 aromatic heterocycles. The second kappa shape index (κ2) is 6.14. The minimum Gasteiger partial charge on any atom is -0.481 e. The highest BCUT2D eigenvalue weighted by atomic mass is 16.4. The standard InChI is InChI=1S/C12H20N2O3/c1-6-8-13(5)11(17)14(12(2,3)4)9-7-10(15)16/h1H,7-9H2,2-5H3,(H,15,16). The van der Waals surface area contributed by atoms with Gasteiger partial charge < -0.3 is 14.9 Å². The third-order valence-corrected chi connectivity index (χ3v) is 2.24. The molecule has 0 aromatic carbocycles. The number of carboxylic acid groups (broad SMARTS) is 1. The first kappa shape index (κ1) is 15.3. The van der Waals surface area contributed by atoms with Gasteiger partial charge in [0, 0.05) is 19.1 Å². The maximum atomic E-state index is 12.1. The van der Waals surface area contributed by atoms with Gasteiger partial charge in [-0.15, -0.1) is 6.42 Å². The normalized spacial score (nSPS) is 10.5. The number of amides is 2. The zero-order valence-corrected chi connectivity index (χ0v) is 10.9. The largest absolute Gasteiger partial charge is 0.481 e. The Morgan fingerprint density at radius 2 is 1.88 bits per heavy atom. The van der Waals surface area contributed by atoms with Gasteiger partial charge in [0.2, 0.25) is 0 Å².